The first-order valence-corrected chi connectivity index (χ1v) is 10.4. The molecule has 0 radical (unpaired) electrons. The molecule has 0 amide bonds. The van der Waals surface area contributed by atoms with Gasteiger partial charge in [0.25, 0.3) is 0 Å². The highest BCUT2D eigenvalue weighted by Crippen LogP contribution is 2.30. The molecule has 0 unspecified atom stereocenters. The fraction of sp³-hybridized carbons (Fsp3) is 0.115. The SMILES string of the molecule is COC(=O)c1cccnc1Nc1ccc(OCc2ccccc2)nc1OCc1ccccc1. The van der Waals surface area contributed by atoms with Crippen LogP contribution in [0.4, 0.5) is 11.5 Å². The lowest BCUT2D eigenvalue weighted by molar-refractivity contribution is 0.0601. The molecule has 33 heavy (non-hydrogen) atoms. The van der Waals surface area contributed by atoms with Crippen LogP contribution in [0.1, 0.15) is 21.5 Å². The fourth-order valence-corrected chi connectivity index (χ4v) is 3.07. The summed E-state index contributed by atoms with van der Waals surface area (Å²) in [6.07, 6.45) is 1.59. The highest BCUT2D eigenvalue weighted by Gasteiger charge is 2.16. The van der Waals surface area contributed by atoms with Gasteiger partial charge in [0.15, 0.2) is 0 Å². The molecular formula is C26H23N3O4. The number of hydrogen-bond acceptors (Lipinski definition) is 7. The van der Waals surface area contributed by atoms with Crippen molar-refractivity contribution in [2.75, 3.05) is 12.4 Å². The number of hydrogen-bond donors (Lipinski definition) is 1. The van der Waals surface area contributed by atoms with E-state index in [-0.39, 0.29) is 0 Å². The molecule has 7 heteroatoms. The molecule has 4 aromatic rings. The van der Waals surface area contributed by atoms with E-state index >= 15 is 0 Å². The van der Waals surface area contributed by atoms with E-state index in [0.29, 0.717) is 42.0 Å². The van der Waals surface area contributed by atoms with Gasteiger partial charge >= 0.3 is 5.97 Å². The van der Waals surface area contributed by atoms with Crippen molar-refractivity contribution in [2.24, 2.45) is 0 Å². The summed E-state index contributed by atoms with van der Waals surface area (Å²) < 4.78 is 16.7. The smallest absolute Gasteiger partial charge is 0.341 e. The van der Waals surface area contributed by atoms with Crippen LogP contribution in [-0.4, -0.2) is 23.0 Å². The van der Waals surface area contributed by atoms with Crippen molar-refractivity contribution in [1.29, 1.82) is 0 Å². The summed E-state index contributed by atoms with van der Waals surface area (Å²) in [6.45, 7) is 0.697. The summed E-state index contributed by atoms with van der Waals surface area (Å²) in [5.41, 5.74) is 2.87. The van der Waals surface area contributed by atoms with E-state index in [0.717, 1.165) is 11.1 Å². The van der Waals surface area contributed by atoms with Crippen molar-refractivity contribution in [2.45, 2.75) is 13.2 Å². The number of carbonyl (C=O) groups is 1. The van der Waals surface area contributed by atoms with Crippen molar-refractivity contribution in [3.05, 3.63) is 108 Å². The minimum absolute atomic E-state index is 0.304. The van der Waals surface area contributed by atoms with Crippen LogP contribution in [0.2, 0.25) is 0 Å². The standard InChI is InChI=1S/C26H23N3O4/c1-31-26(30)21-13-8-16-27-24(21)28-22-14-15-23(32-17-19-9-4-2-5-10-19)29-25(22)33-18-20-11-6-3-7-12-20/h2-16H,17-18H2,1H3,(H,27,28). The van der Waals surface area contributed by atoms with Gasteiger partial charge in [-0.05, 0) is 29.3 Å². The summed E-state index contributed by atoms with van der Waals surface area (Å²) in [5, 5.41) is 3.14. The van der Waals surface area contributed by atoms with Gasteiger partial charge < -0.3 is 19.5 Å². The molecule has 0 spiro atoms. The minimum Gasteiger partial charge on any atom is -0.473 e. The molecule has 0 saturated carbocycles. The van der Waals surface area contributed by atoms with Crippen LogP contribution in [-0.2, 0) is 18.0 Å². The zero-order chi connectivity index (χ0) is 22.9. The highest BCUT2D eigenvalue weighted by molar-refractivity contribution is 5.95. The Morgan fingerprint density at radius 2 is 1.48 bits per heavy atom. The maximum absolute atomic E-state index is 12.1. The number of rotatable bonds is 9. The molecule has 1 N–H and O–H groups in total. The van der Waals surface area contributed by atoms with Crippen LogP contribution in [0, 0.1) is 0 Å². The van der Waals surface area contributed by atoms with Gasteiger partial charge in [0.1, 0.15) is 30.3 Å². The van der Waals surface area contributed by atoms with Gasteiger partial charge in [-0.15, -0.1) is 0 Å². The third-order valence-corrected chi connectivity index (χ3v) is 4.75. The van der Waals surface area contributed by atoms with Crippen LogP contribution in [0.3, 0.4) is 0 Å². The Balaban J connectivity index is 1.59. The number of methoxy groups -OCH3 is 1. The second-order valence-corrected chi connectivity index (χ2v) is 7.07. The average molecular weight is 441 g/mol. The molecule has 7 nitrogen and oxygen atoms in total. The van der Waals surface area contributed by atoms with Crippen LogP contribution in [0.15, 0.2) is 91.1 Å². The van der Waals surface area contributed by atoms with Crippen LogP contribution in [0.25, 0.3) is 0 Å². The molecule has 0 fully saturated rings. The van der Waals surface area contributed by atoms with Crippen molar-refractivity contribution in [1.82, 2.24) is 9.97 Å². The molecular weight excluding hydrogens is 418 g/mol. The van der Waals surface area contributed by atoms with E-state index < -0.39 is 5.97 Å². The number of carbonyl (C=O) groups excluding carboxylic acids is 1. The molecule has 0 aliphatic heterocycles. The molecule has 4 rings (SSSR count). The van der Waals surface area contributed by atoms with Gasteiger partial charge in [-0.3, -0.25) is 0 Å². The predicted octanol–water partition coefficient (Wildman–Crippen LogP) is 5.16. The topological polar surface area (TPSA) is 82.6 Å². The number of ether oxygens (including phenoxy) is 3. The quantitative estimate of drug-likeness (QED) is 0.359. The Labute approximate surface area is 192 Å². The normalized spacial score (nSPS) is 10.3. The molecule has 2 aromatic heterocycles. The molecule has 0 aliphatic carbocycles. The fourth-order valence-electron chi connectivity index (χ4n) is 3.07. The Bertz CT molecular complexity index is 1200. The van der Waals surface area contributed by atoms with E-state index in [1.165, 1.54) is 7.11 Å². The van der Waals surface area contributed by atoms with E-state index in [2.05, 4.69) is 15.3 Å². The number of esters is 1. The number of pyridine rings is 2. The van der Waals surface area contributed by atoms with Gasteiger partial charge in [0, 0.05) is 12.3 Å². The Hall–Kier alpha value is -4.39. The average Bonchev–Trinajstić information content (AvgIpc) is 2.88. The molecule has 0 saturated heterocycles. The van der Waals surface area contributed by atoms with Gasteiger partial charge in [-0.2, -0.15) is 4.98 Å². The van der Waals surface area contributed by atoms with Gasteiger partial charge in [-0.1, -0.05) is 60.7 Å². The lowest BCUT2D eigenvalue weighted by Gasteiger charge is -2.15. The van der Waals surface area contributed by atoms with Crippen molar-refractivity contribution >= 4 is 17.5 Å². The molecule has 0 atom stereocenters. The lowest BCUT2D eigenvalue weighted by Crippen LogP contribution is -2.09. The highest BCUT2D eigenvalue weighted by atomic mass is 16.5. The van der Waals surface area contributed by atoms with Crippen molar-refractivity contribution in [3.63, 3.8) is 0 Å². The summed E-state index contributed by atoms with van der Waals surface area (Å²) in [7, 11) is 1.33. The monoisotopic (exact) mass is 441 g/mol. The van der Waals surface area contributed by atoms with Gasteiger partial charge in [0.05, 0.1) is 7.11 Å². The van der Waals surface area contributed by atoms with Gasteiger partial charge in [0.2, 0.25) is 11.8 Å². The van der Waals surface area contributed by atoms with E-state index in [1.54, 1.807) is 30.5 Å². The number of nitrogens with one attached hydrogen (secondary N) is 1. The van der Waals surface area contributed by atoms with Crippen LogP contribution in [0.5, 0.6) is 11.8 Å². The first kappa shape index (κ1) is 21.8. The third kappa shape index (κ3) is 5.86. The zero-order valence-electron chi connectivity index (χ0n) is 18.1. The third-order valence-electron chi connectivity index (χ3n) is 4.75. The summed E-state index contributed by atoms with van der Waals surface area (Å²) in [6, 6.07) is 26.4. The maximum Gasteiger partial charge on any atom is 0.341 e. The Morgan fingerprint density at radius 3 is 2.15 bits per heavy atom. The number of nitrogens with zero attached hydrogens (tertiary/aromatic N) is 2. The summed E-state index contributed by atoms with van der Waals surface area (Å²) in [5.74, 6) is 0.592. The molecule has 166 valence electrons. The second-order valence-electron chi connectivity index (χ2n) is 7.07. The first-order valence-electron chi connectivity index (χ1n) is 10.4. The second kappa shape index (κ2) is 10.8. The zero-order valence-corrected chi connectivity index (χ0v) is 18.1. The van der Waals surface area contributed by atoms with Crippen molar-refractivity contribution in [3.8, 4) is 11.8 Å². The van der Waals surface area contributed by atoms with Crippen LogP contribution >= 0.6 is 0 Å². The van der Waals surface area contributed by atoms with Crippen LogP contribution < -0.4 is 14.8 Å². The number of anilines is 2. The van der Waals surface area contributed by atoms with Crippen molar-refractivity contribution < 1.29 is 19.0 Å². The van der Waals surface area contributed by atoms with E-state index in [9.17, 15) is 4.79 Å². The van der Waals surface area contributed by atoms with Gasteiger partial charge in [-0.25, -0.2) is 9.78 Å². The van der Waals surface area contributed by atoms with E-state index in [4.69, 9.17) is 14.2 Å². The predicted molar refractivity (Wildman–Crippen MR) is 125 cm³/mol. The Morgan fingerprint density at radius 1 is 0.818 bits per heavy atom. The molecule has 0 aliphatic rings. The molecule has 2 heterocycles. The number of aromatic nitrogens is 2. The molecule has 0 bridgehead atoms. The summed E-state index contributed by atoms with van der Waals surface area (Å²) in [4.78, 5) is 20.9. The lowest BCUT2D eigenvalue weighted by atomic mass is 10.2. The number of benzene rings is 2. The molecule has 2 aromatic carbocycles. The minimum atomic E-state index is -0.492. The van der Waals surface area contributed by atoms with E-state index in [1.807, 2.05) is 60.7 Å². The largest absolute Gasteiger partial charge is 0.473 e. The maximum atomic E-state index is 12.1. The first-order chi connectivity index (χ1) is 16.2. The Kier molecular flexibility index (Phi) is 7.12. The summed E-state index contributed by atoms with van der Waals surface area (Å²) >= 11 is 0.